The quantitative estimate of drug-likeness (QED) is 0.481. The predicted octanol–water partition coefficient (Wildman–Crippen LogP) is 4.51. The van der Waals surface area contributed by atoms with Gasteiger partial charge in [0.1, 0.15) is 17.2 Å². The number of hydrogen-bond acceptors (Lipinski definition) is 5. The lowest BCUT2D eigenvalue weighted by molar-refractivity contribution is -0.120. The first-order chi connectivity index (χ1) is 16.1. The van der Waals surface area contributed by atoms with Crippen LogP contribution in [0.5, 0.6) is 11.5 Å². The molecule has 3 aromatic carbocycles. The van der Waals surface area contributed by atoms with E-state index in [1.165, 1.54) is 4.90 Å². The zero-order chi connectivity index (χ0) is 23.4. The third-order valence-corrected chi connectivity index (χ3v) is 5.66. The van der Waals surface area contributed by atoms with E-state index in [9.17, 15) is 9.59 Å². The van der Waals surface area contributed by atoms with Crippen LogP contribution in [-0.4, -0.2) is 37.5 Å². The number of hydrogen-bond donors (Lipinski definition) is 0. The third-order valence-electron chi connectivity index (χ3n) is 5.66. The highest BCUT2D eigenvalue weighted by Gasteiger charge is 2.42. The maximum Gasteiger partial charge on any atom is 0.282 e. The SMILES string of the molecule is CCN(Cc1ccccc1)C1=C(c2ccc(OC)cc2)C(=O)N(c2cccc(OC)c2)C1=O. The molecular formula is C27H26N2O4. The summed E-state index contributed by atoms with van der Waals surface area (Å²) in [4.78, 5) is 30.6. The number of likely N-dealkylation sites (N-methyl/N-ethyl adjacent to an activating group) is 1. The maximum absolute atomic E-state index is 13.8. The molecule has 0 aromatic heterocycles. The second-order valence-corrected chi connectivity index (χ2v) is 7.60. The summed E-state index contributed by atoms with van der Waals surface area (Å²) >= 11 is 0. The van der Waals surface area contributed by atoms with Gasteiger partial charge >= 0.3 is 0 Å². The van der Waals surface area contributed by atoms with Gasteiger partial charge in [-0.2, -0.15) is 0 Å². The smallest absolute Gasteiger partial charge is 0.282 e. The Morgan fingerprint density at radius 3 is 2.12 bits per heavy atom. The lowest BCUT2D eigenvalue weighted by atomic mass is 10.0. The van der Waals surface area contributed by atoms with Crippen LogP contribution in [0.25, 0.3) is 5.57 Å². The van der Waals surface area contributed by atoms with Gasteiger partial charge in [-0.3, -0.25) is 9.59 Å². The minimum Gasteiger partial charge on any atom is -0.497 e. The molecule has 6 heteroatoms. The zero-order valence-corrected chi connectivity index (χ0v) is 18.9. The van der Waals surface area contributed by atoms with E-state index in [-0.39, 0.29) is 11.8 Å². The molecule has 6 nitrogen and oxygen atoms in total. The van der Waals surface area contributed by atoms with Gasteiger partial charge in [-0.05, 0) is 42.3 Å². The van der Waals surface area contributed by atoms with Crippen LogP contribution >= 0.6 is 0 Å². The highest BCUT2D eigenvalue weighted by atomic mass is 16.5. The van der Waals surface area contributed by atoms with E-state index in [1.807, 2.05) is 54.3 Å². The summed E-state index contributed by atoms with van der Waals surface area (Å²) in [7, 11) is 3.14. The summed E-state index contributed by atoms with van der Waals surface area (Å²) in [5.41, 5.74) is 2.96. The molecule has 0 unspecified atom stereocenters. The Bertz CT molecular complexity index is 1190. The van der Waals surface area contributed by atoms with E-state index < -0.39 is 0 Å². The molecule has 0 saturated carbocycles. The van der Waals surface area contributed by atoms with E-state index >= 15 is 0 Å². The molecule has 2 amide bonds. The van der Waals surface area contributed by atoms with Crippen molar-refractivity contribution < 1.29 is 19.1 Å². The lowest BCUT2D eigenvalue weighted by Gasteiger charge is -2.25. The molecular weight excluding hydrogens is 416 g/mol. The number of benzene rings is 3. The molecule has 1 aliphatic rings. The lowest BCUT2D eigenvalue weighted by Crippen LogP contribution is -2.35. The molecule has 0 fully saturated rings. The molecule has 1 heterocycles. The molecule has 0 atom stereocenters. The van der Waals surface area contributed by atoms with Crippen molar-refractivity contribution in [3.05, 3.63) is 95.7 Å². The van der Waals surface area contributed by atoms with Gasteiger partial charge in [-0.1, -0.05) is 48.5 Å². The molecule has 4 rings (SSSR count). The van der Waals surface area contributed by atoms with Crippen LogP contribution in [0.1, 0.15) is 18.1 Å². The Morgan fingerprint density at radius 1 is 0.788 bits per heavy atom. The van der Waals surface area contributed by atoms with E-state index in [2.05, 4.69) is 0 Å². The number of methoxy groups -OCH3 is 2. The van der Waals surface area contributed by atoms with Gasteiger partial charge in [0.25, 0.3) is 11.8 Å². The summed E-state index contributed by atoms with van der Waals surface area (Å²) in [5.74, 6) is 0.542. The summed E-state index contributed by atoms with van der Waals surface area (Å²) in [5, 5.41) is 0. The third kappa shape index (κ3) is 4.32. The average molecular weight is 443 g/mol. The van der Waals surface area contributed by atoms with Crippen molar-refractivity contribution >= 4 is 23.1 Å². The fraction of sp³-hybridized carbons (Fsp3) is 0.185. The molecule has 0 N–H and O–H groups in total. The van der Waals surface area contributed by atoms with Crippen LogP contribution in [0.4, 0.5) is 5.69 Å². The van der Waals surface area contributed by atoms with Crippen LogP contribution < -0.4 is 14.4 Å². The van der Waals surface area contributed by atoms with Gasteiger partial charge in [0.2, 0.25) is 0 Å². The molecule has 0 saturated heterocycles. The molecule has 168 valence electrons. The molecule has 0 bridgehead atoms. The maximum atomic E-state index is 13.8. The van der Waals surface area contributed by atoms with E-state index in [0.717, 1.165) is 5.56 Å². The van der Waals surface area contributed by atoms with Crippen molar-refractivity contribution in [2.45, 2.75) is 13.5 Å². The Morgan fingerprint density at radius 2 is 1.48 bits per heavy atom. The minimum atomic E-state index is -0.361. The molecule has 3 aromatic rings. The van der Waals surface area contributed by atoms with Crippen LogP contribution in [0.15, 0.2) is 84.6 Å². The normalized spacial score (nSPS) is 13.5. The van der Waals surface area contributed by atoms with Crippen molar-refractivity contribution in [3.63, 3.8) is 0 Å². The highest BCUT2D eigenvalue weighted by molar-refractivity contribution is 6.45. The van der Waals surface area contributed by atoms with E-state index in [0.29, 0.717) is 47.1 Å². The summed E-state index contributed by atoms with van der Waals surface area (Å²) in [6, 6.07) is 24.1. The van der Waals surface area contributed by atoms with Crippen LogP contribution in [0.2, 0.25) is 0 Å². The van der Waals surface area contributed by atoms with Crippen LogP contribution in [0.3, 0.4) is 0 Å². The van der Waals surface area contributed by atoms with Gasteiger partial charge in [-0.25, -0.2) is 4.90 Å². The van der Waals surface area contributed by atoms with Crippen molar-refractivity contribution in [2.24, 2.45) is 0 Å². The van der Waals surface area contributed by atoms with Gasteiger partial charge in [0, 0.05) is 19.2 Å². The molecule has 33 heavy (non-hydrogen) atoms. The largest absolute Gasteiger partial charge is 0.497 e. The number of anilines is 1. The van der Waals surface area contributed by atoms with Crippen LogP contribution in [-0.2, 0) is 16.1 Å². The monoisotopic (exact) mass is 442 g/mol. The number of amides is 2. The van der Waals surface area contributed by atoms with Crippen molar-refractivity contribution in [2.75, 3.05) is 25.7 Å². The Balaban J connectivity index is 1.82. The minimum absolute atomic E-state index is 0.350. The Labute approximate surface area is 193 Å². The van der Waals surface area contributed by atoms with Gasteiger partial charge in [-0.15, -0.1) is 0 Å². The van der Waals surface area contributed by atoms with Crippen molar-refractivity contribution in [3.8, 4) is 11.5 Å². The average Bonchev–Trinajstić information content (AvgIpc) is 3.12. The number of carbonyl (C=O) groups is 2. The van der Waals surface area contributed by atoms with E-state index in [4.69, 9.17) is 9.47 Å². The number of imide groups is 1. The van der Waals surface area contributed by atoms with Crippen molar-refractivity contribution in [1.29, 1.82) is 0 Å². The molecule has 1 aliphatic heterocycles. The fourth-order valence-electron chi connectivity index (χ4n) is 3.97. The highest BCUT2D eigenvalue weighted by Crippen LogP contribution is 2.36. The predicted molar refractivity (Wildman–Crippen MR) is 128 cm³/mol. The fourth-order valence-corrected chi connectivity index (χ4v) is 3.97. The Kier molecular flexibility index (Phi) is 6.45. The Hall–Kier alpha value is -4.06. The second kappa shape index (κ2) is 9.61. The molecule has 0 aliphatic carbocycles. The summed E-state index contributed by atoms with van der Waals surface area (Å²) in [6.45, 7) is 3.06. The zero-order valence-electron chi connectivity index (χ0n) is 18.9. The first-order valence-electron chi connectivity index (χ1n) is 10.8. The first-order valence-corrected chi connectivity index (χ1v) is 10.8. The van der Waals surface area contributed by atoms with Crippen LogP contribution in [0, 0.1) is 0 Å². The topological polar surface area (TPSA) is 59.1 Å². The number of ether oxygens (including phenoxy) is 2. The second-order valence-electron chi connectivity index (χ2n) is 7.60. The molecule has 0 radical (unpaired) electrons. The number of nitrogens with zero attached hydrogens (tertiary/aromatic N) is 2. The summed E-state index contributed by atoms with van der Waals surface area (Å²) < 4.78 is 10.6. The summed E-state index contributed by atoms with van der Waals surface area (Å²) in [6.07, 6.45) is 0. The van der Waals surface area contributed by atoms with Gasteiger partial charge < -0.3 is 14.4 Å². The standard InChI is InChI=1S/C27H26N2O4/c1-4-28(18-19-9-6-5-7-10-19)25-24(20-13-15-22(32-2)16-14-20)26(30)29(27(25)31)21-11-8-12-23(17-21)33-3/h5-17H,4,18H2,1-3H3. The first kappa shape index (κ1) is 22.1. The van der Waals surface area contributed by atoms with E-state index in [1.54, 1.807) is 50.6 Å². The number of carbonyl (C=O) groups excluding carboxylic acids is 2. The molecule has 0 spiro atoms. The van der Waals surface area contributed by atoms with Gasteiger partial charge in [0.05, 0.1) is 25.5 Å². The van der Waals surface area contributed by atoms with Gasteiger partial charge in [0.15, 0.2) is 0 Å². The van der Waals surface area contributed by atoms with Crippen molar-refractivity contribution in [1.82, 2.24) is 4.90 Å². The number of rotatable bonds is 8.